The van der Waals surface area contributed by atoms with E-state index in [2.05, 4.69) is 4.90 Å². The van der Waals surface area contributed by atoms with Crippen molar-refractivity contribution in [2.24, 2.45) is 0 Å². The van der Waals surface area contributed by atoms with Crippen LogP contribution in [0.2, 0.25) is 0 Å². The highest BCUT2D eigenvalue weighted by atomic mass is 16.5. The van der Waals surface area contributed by atoms with Crippen LogP contribution in [-0.2, 0) is 9.59 Å². The number of amides is 2. The maximum atomic E-state index is 13.7. The van der Waals surface area contributed by atoms with E-state index >= 15 is 0 Å². The number of piperidine rings is 1. The average molecular weight is 405 g/mol. The summed E-state index contributed by atoms with van der Waals surface area (Å²) in [5, 5.41) is 0. The smallest absolute Gasteiger partial charge is 0.282 e. The molecule has 2 aromatic rings. The summed E-state index contributed by atoms with van der Waals surface area (Å²) < 4.78 is 5.72. The van der Waals surface area contributed by atoms with Crippen molar-refractivity contribution in [1.29, 1.82) is 0 Å². The van der Waals surface area contributed by atoms with Crippen molar-refractivity contribution in [2.45, 2.75) is 40.0 Å². The van der Waals surface area contributed by atoms with Crippen molar-refractivity contribution in [2.75, 3.05) is 24.6 Å². The molecule has 5 heteroatoms. The average Bonchev–Trinajstić information content (AvgIpc) is 3.01. The first-order chi connectivity index (χ1) is 14.5. The van der Waals surface area contributed by atoms with Crippen LogP contribution in [0.5, 0.6) is 5.75 Å². The molecule has 0 radical (unpaired) electrons. The Kier molecular flexibility index (Phi) is 5.62. The molecule has 2 aliphatic heterocycles. The lowest BCUT2D eigenvalue weighted by molar-refractivity contribution is -0.120. The van der Waals surface area contributed by atoms with Crippen LogP contribution in [0.15, 0.2) is 48.2 Å². The number of likely N-dealkylation sites (tertiary alicyclic amines) is 1. The zero-order valence-corrected chi connectivity index (χ0v) is 17.9. The normalized spacial score (nSPS) is 17.2. The van der Waals surface area contributed by atoms with Crippen LogP contribution in [-0.4, -0.2) is 36.4 Å². The second-order valence-corrected chi connectivity index (χ2v) is 7.92. The highest BCUT2D eigenvalue weighted by molar-refractivity contribution is 6.45. The van der Waals surface area contributed by atoms with Gasteiger partial charge < -0.3 is 9.64 Å². The van der Waals surface area contributed by atoms with Crippen LogP contribution in [0.3, 0.4) is 0 Å². The lowest BCUT2D eigenvalue weighted by atomic mass is 9.98. The zero-order valence-electron chi connectivity index (χ0n) is 17.9. The fraction of sp³-hybridized carbons (Fsp3) is 0.360. The maximum Gasteiger partial charge on any atom is 0.282 e. The Labute approximate surface area is 177 Å². The lowest BCUT2D eigenvalue weighted by Gasteiger charge is -2.29. The van der Waals surface area contributed by atoms with Crippen molar-refractivity contribution in [1.82, 2.24) is 4.90 Å². The number of para-hydroxylation sites is 2. The Morgan fingerprint density at radius 1 is 0.900 bits per heavy atom. The fourth-order valence-corrected chi connectivity index (χ4v) is 4.22. The van der Waals surface area contributed by atoms with Crippen LogP contribution in [0.25, 0.3) is 5.57 Å². The van der Waals surface area contributed by atoms with Crippen LogP contribution in [0, 0.1) is 13.8 Å². The highest BCUT2D eigenvalue weighted by Crippen LogP contribution is 2.39. The molecule has 0 saturated carbocycles. The van der Waals surface area contributed by atoms with E-state index in [1.807, 2.05) is 51.1 Å². The molecule has 0 bridgehead atoms. The number of aryl methyl sites for hydroxylation is 2. The topological polar surface area (TPSA) is 49.9 Å². The van der Waals surface area contributed by atoms with Crippen molar-refractivity contribution in [3.05, 3.63) is 64.9 Å². The fourth-order valence-electron chi connectivity index (χ4n) is 4.22. The molecule has 5 nitrogen and oxygen atoms in total. The zero-order chi connectivity index (χ0) is 21.3. The molecule has 0 aromatic heterocycles. The molecular formula is C25H28N2O3. The maximum absolute atomic E-state index is 13.7. The van der Waals surface area contributed by atoms with E-state index < -0.39 is 0 Å². The largest absolute Gasteiger partial charge is 0.492 e. The van der Waals surface area contributed by atoms with Gasteiger partial charge in [-0.25, -0.2) is 4.90 Å². The minimum absolute atomic E-state index is 0.262. The molecule has 2 aromatic carbocycles. The standard InChI is InChI=1S/C25H28N2O3/c1-4-30-21-11-7-6-10-20(21)27-24(28)22(19-13-12-17(2)18(3)16-19)23(25(27)29)26-14-8-5-9-15-26/h6-7,10-13,16H,4-5,8-9,14-15H2,1-3H3. The second-order valence-electron chi connectivity index (χ2n) is 7.92. The minimum Gasteiger partial charge on any atom is -0.492 e. The summed E-state index contributed by atoms with van der Waals surface area (Å²) in [7, 11) is 0. The van der Waals surface area contributed by atoms with Crippen molar-refractivity contribution in [3.63, 3.8) is 0 Å². The van der Waals surface area contributed by atoms with Gasteiger partial charge >= 0.3 is 0 Å². The van der Waals surface area contributed by atoms with Gasteiger partial charge in [0.1, 0.15) is 11.4 Å². The van der Waals surface area contributed by atoms with Gasteiger partial charge in [0.05, 0.1) is 17.9 Å². The first-order valence-corrected chi connectivity index (χ1v) is 10.7. The van der Waals surface area contributed by atoms with Crippen molar-refractivity contribution >= 4 is 23.1 Å². The molecule has 2 heterocycles. The Hall–Kier alpha value is -3.08. The number of imide groups is 1. The van der Waals surface area contributed by atoms with E-state index in [1.165, 1.54) is 4.90 Å². The van der Waals surface area contributed by atoms with Crippen molar-refractivity contribution in [3.8, 4) is 5.75 Å². The van der Waals surface area contributed by atoms with Gasteiger partial charge in [0.2, 0.25) is 0 Å². The molecule has 156 valence electrons. The second kappa shape index (κ2) is 8.34. The number of carbonyl (C=O) groups is 2. The molecular weight excluding hydrogens is 376 g/mol. The molecule has 0 N–H and O–H groups in total. The number of benzene rings is 2. The van der Waals surface area contributed by atoms with Crippen LogP contribution < -0.4 is 9.64 Å². The van der Waals surface area contributed by atoms with Gasteiger partial charge in [-0.3, -0.25) is 9.59 Å². The van der Waals surface area contributed by atoms with Gasteiger partial charge in [-0.05, 0) is 68.9 Å². The van der Waals surface area contributed by atoms with Crippen molar-refractivity contribution < 1.29 is 14.3 Å². The number of rotatable bonds is 5. The predicted molar refractivity (Wildman–Crippen MR) is 118 cm³/mol. The number of nitrogens with zero attached hydrogens (tertiary/aromatic N) is 2. The van der Waals surface area contributed by atoms with E-state index in [9.17, 15) is 9.59 Å². The molecule has 0 unspecified atom stereocenters. The molecule has 30 heavy (non-hydrogen) atoms. The van der Waals surface area contributed by atoms with Gasteiger partial charge in [0, 0.05) is 13.1 Å². The summed E-state index contributed by atoms with van der Waals surface area (Å²) in [4.78, 5) is 30.7. The third-order valence-electron chi connectivity index (χ3n) is 5.93. The third-order valence-corrected chi connectivity index (χ3v) is 5.93. The first kappa shape index (κ1) is 20.2. The summed E-state index contributed by atoms with van der Waals surface area (Å²) >= 11 is 0. The van der Waals surface area contributed by atoms with Gasteiger partial charge in [0.25, 0.3) is 11.8 Å². The quantitative estimate of drug-likeness (QED) is 0.690. The minimum atomic E-state index is -0.282. The van der Waals surface area contributed by atoms with Gasteiger partial charge in [0.15, 0.2) is 0 Å². The lowest BCUT2D eigenvalue weighted by Crippen LogP contribution is -2.37. The summed E-state index contributed by atoms with van der Waals surface area (Å²) in [6.07, 6.45) is 3.21. The Morgan fingerprint density at radius 2 is 1.63 bits per heavy atom. The molecule has 0 aliphatic carbocycles. The Morgan fingerprint density at radius 3 is 2.33 bits per heavy atom. The number of anilines is 1. The van der Waals surface area contributed by atoms with Gasteiger partial charge in [-0.15, -0.1) is 0 Å². The molecule has 2 aliphatic rings. The van der Waals surface area contributed by atoms with E-state index in [1.54, 1.807) is 12.1 Å². The van der Waals surface area contributed by atoms with Crippen LogP contribution in [0.1, 0.15) is 42.9 Å². The van der Waals surface area contributed by atoms with Crippen LogP contribution >= 0.6 is 0 Å². The van der Waals surface area contributed by atoms with E-state index in [-0.39, 0.29) is 11.8 Å². The monoisotopic (exact) mass is 404 g/mol. The Bertz CT molecular complexity index is 1020. The number of ether oxygens (including phenoxy) is 1. The summed E-state index contributed by atoms with van der Waals surface area (Å²) in [6.45, 7) is 8.02. The predicted octanol–water partition coefficient (Wildman–Crippen LogP) is 4.47. The third kappa shape index (κ3) is 3.49. The van der Waals surface area contributed by atoms with E-state index in [0.717, 1.165) is 49.0 Å². The molecule has 0 spiro atoms. The first-order valence-electron chi connectivity index (χ1n) is 10.7. The molecule has 4 rings (SSSR count). The van der Waals surface area contributed by atoms with Gasteiger partial charge in [-0.1, -0.05) is 30.3 Å². The summed E-state index contributed by atoms with van der Waals surface area (Å²) in [5.41, 5.74) is 4.59. The molecule has 1 saturated heterocycles. The number of hydrogen-bond donors (Lipinski definition) is 0. The SMILES string of the molecule is CCOc1ccccc1N1C(=O)C(c2ccc(C)c(C)c2)=C(N2CCCCC2)C1=O. The molecule has 1 fully saturated rings. The number of carbonyl (C=O) groups excluding carboxylic acids is 2. The molecule has 2 amide bonds. The Balaban J connectivity index is 1.85. The summed E-state index contributed by atoms with van der Waals surface area (Å²) in [5.74, 6) is -0.000656. The molecule has 0 atom stereocenters. The highest BCUT2D eigenvalue weighted by Gasteiger charge is 2.43. The van der Waals surface area contributed by atoms with Crippen LogP contribution in [0.4, 0.5) is 5.69 Å². The summed E-state index contributed by atoms with van der Waals surface area (Å²) in [6, 6.07) is 13.2. The van der Waals surface area contributed by atoms with E-state index in [0.29, 0.717) is 29.3 Å². The number of hydrogen-bond acceptors (Lipinski definition) is 4. The van der Waals surface area contributed by atoms with Gasteiger partial charge in [-0.2, -0.15) is 0 Å². The van der Waals surface area contributed by atoms with E-state index in [4.69, 9.17) is 4.74 Å².